The van der Waals surface area contributed by atoms with Crippen LogP contribution in [0.4, 0.5) is 4.39 Å². The smallest absolute Gasteiger partial charge is 0.247 e. The molecule has 1 atom stereocenters. The monoisotopic (exact) mass is 326 g/mol. The number of ether oxygens (including phenoxy) is 1. The zero-order valence-electron chi connectivity index (χ0n) is 13.5. The Labute approximate surface area is 140 Å². The number of rotatable bonds is 4. The minimum absolute atomic E-state index is 0.0643. The van der Waals surface area contributed by atoms with Crippen LogP contribution in [0.3, 0.4) is 0 Å². The van der Waals surface area contributed by atoms with Gasteiger partial charge in [-0.05, 0) is 54.3 Å². The summed E-state index contributed by atoms with van der Waals surface area (Å²) in [5, 5.41) is 0. The fourth-order valence-corrected chi connectivity index (χ4v) is 3.01. The van der Waals surface area contributed by atoms with Crippen molar-refractivity contribution in [3.63, 3.8) is 0 Å². The highest BCUT2D eigenvalue weighted by atomic mass is 19.1. The largest absolute Gasteiger partial charge is 0.494 e. The Morgan fingerprint density at radius 3 is 2.83 bits per heavy atom. The molecule has 1 unspecified atom stereocenters. The molecule has 0 radical (unpaired) electrons. The molecule has 0 bridgehead atoms. The lowest BCUT2D eigenvalue weighted by molar-refractivity contribution is -0.126. The predicted molar refractivity (Wildman–Crippen MR) is 89.9 cm³/mol. The summed E-state index contributed by atoms with van der Waals surface area (Å²) in [5.41, 5.74) is 1.72. The van der Waals surface area contributed by atoms with E-state index in [1.165, 1.54) is 19.3 Å². The van der Waals surface area contributed by atoms with E-state index in [0.29, 0.717) is 5.56 Å². The average Bonchev–Trinajstić information content (AvgIpc) is 3.10. The molecule has 2 heterocycles. The molecule has 124 valence electrons. The highest BCUT2D eigenvalue weighted by molar-refractivity contribution is 5.92. The Morgan fingerprint density at radius 1 is 1.33 bits per heavy atom. The number of carbonyl (C=O) groups excluding carboxylic acids is 1. The Hall–Kier alpha value is -2.69. The second-order valence-electron chi connectivity index (χ2n) is 5.70. The number of carbonyl (C=O) groups is 1. The summed E-state index contributed by atoms with van der Waals surface area (Å²) in [5.74, 6) is -0.316. The van der Waals surface area contributed by atoms with Gasteiger partial charge in [0.05, 0.1) is 13.2 Å². The molecule has 5 heteroatoms. The third-order valence-electron chi connectivity index (χ3n) is 4.22. The summed E-state index contributed by atoms with van der Waals surface area (Å²) in [7, 11) is 1.42. The van der Waals surface area contributed by atoms with Gasteiger partial charge in [0, 0.05) is 25.0 Å². The number of aromatic nitrogens is 1. The van der Waals surface area contributed by atoms with Crippen LogP contribution in [0.5, 0.6) is 5.75 Å². The minimum Gasteiger partial charge on any atom is -0.494 e. The van der Waals surface area contributed by atoms with Gasteiger partial charge < -0.3 is 9.64 Å². The molecule has 1 amide bonds. The maximum Gasteiger partial charge on any atom is 0.247 e. The first-order valence-electron chi connectivity index (χ1n) is 7.91. The minimum atomic E-state index is -0.442. The Kier molecular flexibility index (Phi) is 4.89. The third-order valence-corrected chi connectivity index (χ3v) is 4.22. The van der Waals surface area contributed by atoms with Crippen LogP contribution >= 0.6 is 0 Å². The molecule has 1 aromatic heterocycles. The standard InChI is InChI=1S/C19H19FN2O2/c1-24-18-6-4-14(13-16(18)20)5-7-19(23)22-12-2-3-17(22)15-8-10-21-11-9-15/h4-11,13,17H,2-3,12H2,1H3/b7-5+. The first-order valence-corrected chi connectivity index (χ1v) is 7.91. The van der Waals surface area contributed by atoms with Gasteiger partial charge >= 0.3 is 0 Å². The van der Waals surface area contributed by atoms with Gasteiger partial charge in [0.15, 0.2) is 11.6 Å². The molecule has 0 spiro atoms. The summed E-state index contributed by atoms with van der Waals surface area (Å²) in [6, 6.07) is 8.59. The van der Waals surface area contributed by atoms with Crippen LogP contribution in [-0.4, -0.2) is 29.4 Å². The molecule has 1 aliphatic heterocycles. The van der Waals surface area contributed by atoms with E-state index in [4.69, 9.17) is 4.74 Å². The molecular formula is C19H19FN2O2. The van der Waals surface area contributed by atoms with Gasteiger partial charge in [-0.1, -0.05) is 6.07 Å². The first kappa shape index (κ1) is 16.2. The van der Waals surface area contributed by atoms with Gasteiger partial charge in [-0.3, -0.25) is 9.78 Å². The topological polar surface area (TPSA) is 42.4 Å². The molecule has 24 heavy (non-hydrogen) atoms. The van der Waals surface area contributed by atoms with E-state index >= 15 is 0 Å². The molecule has 4 nitrogen and oxygen atoms in total. The van der Waals surface area contributed by atoms with Crippen molar-refractivity contribution in [2.75, 3.05) is 13.7 Å². The van der Waals surface area contributed by atoms with Crippen molar-refractivity contribution >= 4 is 12.0 Å². The number of pyridine rings is 1. The van der Waals surface area contributed by atoms with Crippen molar-refractivity contribution in [2.24, 2.45) is 0 Å². The lowest BCUT2D eigenvalue weighted by Gasteiger charge is -2.23. The van der Waals surface area contributed by atoms with Crippen molar-refractivity contribution < 1.29 is 13.9 Å². The third kappa shape index (κ3) is 3.45. The molecule has 1 fully saturated rings. The highest BCUT2D eigenvalue weighted by Gasteiger charge is 2.28. The lowest BCUT2D eigenvalue weighted by Crippen LogP contribution is -2.28. The molecule has 1 saturated heterocycles. The number of likely N-dealkylation sites (tertiary alicyclic amines) is 1. The summed E-state index contributed by atoms with van der Waals surface area (Å²) in [6.45, 7) is 0.729. The van der Waals surface area contributed by atoms with E-state index in [-0.39, 0.29) is 17.7 Å². The van der Waals surface area contributed by atoms with Gasteiger partial charge in [0.2, 0.25) is 5.91 Å². The second kappa shape index (κ2) is 7.25. The van der Waals surface area contributed by atoms with Crippen molar-refractivity contribution in [1.82, 2.24) is 9.88 Å². The number of hydrogen-bond acceptors (Lipinski definition) is 3. The molecule has 3 rings (SSSR count). The van der Waals surface area contributed by atoms with E-state index < -0.39 is 5.82 Å². The summed E-state index contributed by atoms with van der Waals surface area (Å²) < 4.78 is 18.6. The fraction of sp³-hybridized carbons (Fsp3) is 0.263. The first-order chi connectivity index (χ1) is 11.7. The van der Waals surface area contributed by atoms with E-state index in [1.54, 1.807) is 30.6 Å². The normalized spacial score (nSPS) is 17.4. The van der Waals surface area contributed by atoms with Crippen LogP contribution in [0.1, 0.15) is 30.0 Å². The fourth-order valence-electron chi connectivity index (χ4n) is 3.01. The molecule has 0 saturated carbocycles. The van der Waals surface area contributed by atoms with Crippen molar-refractivity contribution in [3.8, 4) is 5.75 Å². The van der Waals surface area contributed by atoms with Gasteiger partial charge in [-0.25, -0.2) is 4.39 Å². The predicted octanol–water partition coefficient (Wildman–Crippen LogP) is 3.61. The average molecular weight is 326 g/mol. The highest BCUT2D eigenvalue weighted by Crippen LogP contribution is 2.31. The molecular weight excluding hydrogens is 307 g/mol. The van der Waals surface area contributed by atoms with E-state index in [2.05, 4.69) is 4.98 Å². The van der Waals surface area contributed by atoms with Crippen LogP contribution < -0.4 is 4.74 Å². The van der Waals surface area contributed by atoms with E-state index in [0.717, 1.165) is 24.9 Å². The van der Waals surface area contributed by atoms with Gasteiger partial charge in [-0.2, -0.15) is 0 Å². The maximum absolute atomic E-state index is 13.7. The number of benzene rings is 1. The van der Waals surface area contributed by atoms with Crippen molar-refractivity contribution in [3.05, 3.63) is 65.7 Å². The number of methoxy groups -OCH3 is 1. The SMILES string of the molecule is COc1ccc(/C=C/C(=O)N2CCCC2c2ccncc2)cc1F. The van der Waals surface area contributed by atoms with Crippen molar-refractivity contribution in [2.45, 2.75) is 18.9 Å². The molecule has 0 N–H and O–H groups in total. The Morgan fingerprint density at radius 2 is 2.12 bits per heavy atom. The molecule has 1 aliphatic rings. The molecule has 2 aromatic rings. The molecule has 0 aliphatic carbocycles. The summed E-state index contributed by atoms with van der Waals surface area (Å²) in [4.78, 5) is 18.4. The zero-order valence-corrected chi connectivity index (χ0v) is 13.5. The van der Waals surface area contributed by atoms with Crippen LogP contribution in [-0.2, 0) is 4.79 Å². The summed E-state index contributed by atoms with van der Waals surface area (Å²) >= 11 is 0. The van der Waals surface area contributed by atoms with Gasteiger partial charge in [-0.15, -0.1) is 0 Å². The van der Waals surface area contributed by atoms with Crippen LogP contribution in [0.15, 0.2) is 48.8 Å². The molecule has 1 aromatic carbocycles. The van der Waals surface area contributed by atoms with Gasteiger partial charge in [0.1, 0.15) is 0 Å². The second-order valence-corrected chi connectivity index (χ2v) is 5.70. The Bertz CT molecular complexity index is 746. The lowest BCUT2D eigenvalue weighted by atomic mass is 10.1. The number of halogens is 1. The van der Waals surface area contributed by atoms with Crippen LogP contribution in [0.2, 0.25) is 0 Å². The number of hydrogen-bond donors (Lipinski definition) is 0. The maximum atomic E-state index is 13.7. The van der Waals surface area contributed by atoms with E-state index in [9.17, 15) is 9.18 Å². The number of nitrogens with zero attached hydrogens (tertiary/aromatic N) is 2. The summed E-state index contributed by atoms with van der Waals surface area (Å²) in [6.07, 6.45) is 8.54. The van der Waals surface area contributed by atoms with Gasteiger partial charge in [0.25, 0.3) is 0 Å². The van der Waals surface area contributed by atoms with Crippen molar-refractivity contribution in [1.29, 1.82) is 0 Å². The van der Waals surface area contributed by atoms with Crippen LogP contribution in [0, 0.1) is 5.82 Å². The zero-order chi connectivity index (χ0) is 16.9. The number of amides is 1. The van der Waals surface area contributed by atoms with Crippen LogP contribution in [0.25, 0.3) is 6.08 Å². The quantitative estimate of drug-likeness (QED) is 0.806. The van der Waals surface area contributed by atoms with E-state index in [1.807, 2.05) is 17.0 Å². The Balaban J connectivity index is 1.73.